The third-order valence-electron chi connectivity index (χ3n) is 6.74. The molecule has 5 heterocycles. The van der Waals surface area contributed by atoms with E-state index in [-0.39, 0.29) is 29.9 Å². The van der Waals surface area contributed by atoms with E-state index in [0.29, 0.717) is 45.8 Å². The number of nitrogens with one attached hydrogen (secondary N) is 1. The van der Waals surface area contributed by atoms with Crippen molar-refractivity contribution in [2.75, 3.05) is 38.7 Å². The highest BCUT2D eigenvalue weighted by Crippen LogP contribution is 2.28. The van der Waals surface area contributed by atoms with Gasteiger partial charge >= 0.3 is 0 Å². The lowest BCUT2D eigenvalue weighted by molar-refractivity contribution is -0.110. The zero-order valence-electron chi connectivity index (χ0n) is 22.5. The summed E-state index contributed by atoms with van der Waals surface area (Å²) in [7, 11) is -1.55. The lowest BCUT2D eigenvalue weighted by Gasteiger charge is -2.35. The molecule has 0 unspecified atom stereocenters. The van der Waals surface area contributed by atoms with E-state index in [4.69, 9.17) is 14.3 Å². The van der Waals surface area contributed by atoms with Crippen LogP contribution in [0, 0.1) is 0 Å². The van der Waals surface area contributed by atoms with Gasteiger partial charge in [0.15, 0.2) is 33.1 Å². The molecule has 13 nitrogen and oxygen atoms in total. The molecule has 6 rings (SSSR count). The second-order valence-electron chi connectivity index (χ2n) is 9.84. The number of likely N-dealkylation sites (N-methyl/N-ethyl adjacent to an activating group) is 1. The lowest BCUT2D eigenvalue weighted by atomic mass is 10.1. The Kier molecular flexibility index (Phi) is 8.06. The van der Waals surface area contributed by atoms with Gasteiger partial charge in [-0.25, -0.2) is 28.4 Å². The van der Waals surface area contributed by atoms with Crippen LogP contribution in [0.15, 0.2) is 64.9 Å². The maximum atomic E-state index is 13.4. The average Bonchev–Trinajstić information content (AvgIpc) is 3.66. The second-order valence-corrected chi connectivity index (χ2v) is 13.0. The van der Waals surface area contributed by atoms with Gasteiger partial charge in [0.1, 0.15) is 16.5 Å². The van der Waals surface area contributed by atoms with Gasteiger partial charge in [0.05, 0.1) is 16.8 Å². The first-order chi connectivity index (χ1) is 20.3. The minimum atomic E-state index is -3.57. The van der Waals surface area contributed by atoms with Gasteiger partial charge in [-0.1, -0.05) is 28.6 Å². The highest BCUT2D eigenvalue weighted by molar-refractivity contribution is 7.92. The van der Waals surface area contributed by atoms with Crippen molar-refractivity contribution in [3.8, 4) is 5.88 Å². The van der Waals surface area contributed by atoms with E-state index in [2.05, 4.69) is 35.3 Å². The normalized spacial score (nSPS) is 18.1. The smallest absolute Gasteiger partial charge is 0.280 e. The molecule has 2 saturated heterocycles. The molecule has 2 aliphatic heterocycles. The van der Waals surface area contributed by atoms with Crippen LogP contribution >= 0.6 is 11.3 Å². The number of aromatic nitrogens is 4. The molecule has 2 aliphatic rings. The number of sulfone groups is 1. The van der Waals surface area contributed by atoms with Crippen molar-refractivity contribution < 1.29 is 27.5 Å². The number of benzene rings is 1. The summed E-state index contributed by atoms with van der Waals surface area (Å²) < 4.78 is 37.1. The van der Waals surface area contributed by atoms with Crippen LogP contribution in [-0.2, 0) is 30.8 Å². The van der Waals surface area contributed by atoms with Crippen LogP contribution in [0.2, 0.25) is 0 Å². The predicted octanol–water partition coefficient (Wildman–Crippen LogP) is 2.30. The molecule has 218 valence electrons. The van der Waals surface area contributed by atoms with Crippen LogP contribution in [0.5, 0.6) is 5.88 Å². The summed E-state index contributed by atoms with van der Waals surface area (Å²) in [5.74, 6) is 0.280. The van der Waals surface area contributed by atoms with Crippen molar-refractivity contribution in [2.24, 2.45) is 5.16 Å². The van der Waals surface area contributed by atoms with Crippen LogP contribution in [0.4, 0.5) is 5.13 Å². The number of thiazole rings is 1. The van der Waals surface area contributed by atoms with Crippen molar-refractivity contribution in [3.05, 3.63) is 66.2 Å². The van der Waals surface area contributed by atoms with E-state index < -0.39 is 21.0 Å². The zero-order valence-corrected chi connectivity index (χ0v) is 24.2. The number of oxime groups is 1. The molecule has 4 aromatic rings. The number of nitrogens with zero attached hydrogens (tertiary/aromatic N) is 6. The maximum Gasteiger partial charge on any atom is 0.280 e. The summed E-state index contributed by atoms with van der Waals surface area (Å²) >= 11 is 1.19. The standard InChI is InChI=1S/C27H27N7O6S2/c1-34-13-18(14-34)40-23-8-7-21-26(31-23)41-27(30-21)32-25(35)24(33-39-16-22-28-10-2-11-29-22)17-3-5-19(6-4-17)42(36,37)20-9-12-38-15-20/h2-8,10-11,18,20H,9,12-16H2,1H3,(H,30,32,35)/b33-24+/t20-/m0/s1. The number of rotatable bonds is 10. The van der Waals surface area contributed by atoms with Crippen LogP contribution in [0.25, 0.3) is 10.3 Å². The first-order valence-corrected chi connectivity index (χ1v) is 15.5. The molecule has 1 N–H and O–H groups in total. The molecule has 0 spiro atoms. The van der Waals surface area contributed by atoms with Gasteiger partial charge in [-0.2, -0.15) is 0 Å². The molecule has 1 atom stereocenters. The number of carbonyl (C=O) groups excluding carboxylic acids is 1. The molecule has 0 bridgehead atoms. The Hall–Kier alpha value is -4.05. The number of pyridine rings is 1. The Bertz CT molecular complexity index is 1700. The first-order valence-electron chi connectivity index (χ1n) is 13.2. The molecule has 0 saturated carbocycles. The Morgan fingerprint density at radius 1 is 1.14 bits per heavy atom. The van der Waals surface area contributed by atoms with E-state index in [9.17, 15) is 13.2 Å². The van der Waals surface area contributed by atoms with Crippen molar-refractivity contribution in [1.29, 1.82) is 0 Å². The Morgan fingerprint density at radius 3 is 2.64 bits per heavy atom. The van der Waals surface area contributed by atoms with Crippen molar-refractivity contribution in [1.82, 2.24) is 24.8 Å². The topological polar surface area (TPSA) is 158 Å². The fourth-order valence-electron chi connectivity index (χ4n) is 4.50. The number of anilines is 1. The molecule has 2 fully saturated rings. The van der Waals surface area contributed by atoms with Crippen LogP contribution in [0.3, 0.4) is 0 Å². The van der Waals surface area contributed by atoms with Gasteiger partial charge in [0, 0.05) is 43.7 Å². The number of ether oxygens (including phenoxy) is 2. The molecule has 1 aromatic carbocycles. The van der Waals surface area contributed by atoms with Gasteiger partial charge in [0.2, 0.25) is 5.88 Å². The van der Waals surface area contributed by atoms with Gasteiger partial charge in [-0.05, 0) is 37.7 Å². The van der Waals surface area contributed by atoms with Crippen LogP contribution in [0.1, 0.15) is 17.8 Å². The van der Waals surface area contributed by atoms with Crippen molar-refractivity contribution >= 4 is 48.3 Å². The summed E-state index contributed by atoms with van der Waals surface area (Å²) in [6.07, 6.45) is 3.68. The minimum Gasteiger partial charge on any atom is -0.472 e. The fraction of sp³-hybridized carbons (Fsp3) is 0.333. The molecule has 3 aromatic heterocycles. The fourth-order valence-corrected chi connectivity index (χ4v) is 6.91. The highest BCUT2D eigenvalue weighted by atomic mass is 32.2. The van der Waals surface area contributed by atoms with E-state index >= 15 is 0 Å². The lowest BCUT2D eigenvalue weighted by Crippen LogP contribution is -2.51. The molecule has 1 amide bonds. The molecular weight excluding hydrogens is 582 g/mol. The summed E-state index contributed by atoms with van der Waals surface area (Å²) in [4.78, 5) is 38.9. The Labute approximate surface area is 245 Å². The van der Waals surface area contributed by atoms with Crippen molar-refractivity contribution in [2.45, 2.75) is 29.3 Å². The molecule has 0 aliphatic carbocycles. The number of amides is 1. The Balaban J connectivity index is 1.22. The van der Waals surface area contributed by atoms with E-state index in [1.165, 1.54) is 35.6 Å². The quantitative estimate of drug-likeness (QED) is 0.208. The summed E-state index contributed by atoms with van der Waals surface area (Å²) in [5, 5.41) is 6.54. The summed E-state index contributed by atoms with van der Waals surface area (Å²) in [5.41, 5.74) is 0.878. The molecule has 15 heteroatoms. The van der Waals surface area contributed by atoms with E-state index in [0.717, 1.165) is 13.1 Å². The largest absolute Gasteiger partial charge is 0.472 e. The number of hydrogen-bond acceptors (Lipinski definition) is 13. The van der Waals surface area contributed by atoms with Crippen LogP contribution < -0.4 is 10.1 Å². The summed E-state index contributed by atoms with van der Waals surface area (Å²) in [6.45, 7) is 2.18. The molecular formula is C27H27N7O6S2. The number of likely N-dealkylation sites (tertiary alicyclic amines) is 1. The van der Waals surface area contributed by atoms with E-state index in [1.54, 1.807) is 30.6 Å². The SMILES string of the molecule is CN1CC(Oc2ccc3nc(NC(=O)/C(=N/OCc4ncccn4)c4ccc(S(=O)(=O)[C@H]5CCOC5)cc4)sc3n2)C1. The maximum absolute atomic E-state index is 13.4. The first kappa shape index (κ1) is 28.1. The third-order valence-corrected chi connectivity index (χ3v) is 9.79. The minimum absolute atomic E-state index is 0.0730. The van der Waals surface area contributed by atoms with E-state index in [1.807, 2.05) is 7.05 Å². The van der Waals surface area contributed by atoms with Gasteiger partial charge in [-0.3, -0.25) is 15.0 Å². The monoisotopic (exact) mass is 609 g/mol. The zero-order chi connectivity index (χ0) is 29.1. The molecule has 0 radical (unpaired) electrons. The van der Waals surface area contributed by atoms with Gasteiger partial charge in [0.25, 0.3) is 5.91 Å². The highest BCUT2D eigenvalue weighted by Gasteiger charge is 2.31. The van der Waals surface area contributed by atoms with Gasteiger partial charge in [-0.15, -0.1) is 0 Å². The second kappa shape index (κ2) is 12.1. The number of hydrogen-bond donors (Lipinski definition) is 1. The predicted molar refractivity (Wildman–Crippen MR) is 154 cm³/mol. The summed E-state index contributed by atoms with van der Waals surface area (Å²) in [6, 6.07) is 11.2. The number of fused-ring (bicyclic) bond motifs is 1. The van der Waals surface area contributed by atoms with Gasteiger partial charge < -0.3 is 14.3 Å². The molecule has 42 heavy (non-hydrogen) atoms. The number of carbonyl (C=O) groups is 1. The average molecular weight is 610 g/mol. The van der Waals surface area contributed by atoms with Crippen LogP contribution in [-0.4, -0.2) is 89.6 Å². The van der Waals surface area contributed by atoms with Crippen molar-refractivity contribution in [3.63, 3.8) is 0 Å². The third kappa shape index (κ3) is 6.23. The Morgan fingerprint density at radius 2 is 1.93 bits per heavy atom.